The second-order valence-corrected chi connectivity index (χ2v) is 4.73. The lowest BCUT2D eigenvalue weighted by molar-refractivity contribution is -0.129. The van der Waals surface area contributed by atoms with Crippen molar-refractivity contribution < 1.29 is 13.7 Å². The highest BCUT2D eigenvalue weighted by atomic mass is 32.2. The number of methoxy groups -OCH3 is 1. The molecule has 0 aliphatic rings. The van der Waals surface area contributed by atoms with Gasteiger partial charge in [-0.2, -0.15) is 0 Å². The Morgan fingerprint density at radius 2 is 2.08 bits per heavy atom. The Hall–Kier alpha value is -0.420. The summed E-state index contributed by atoms with van der Waals surface area (Å²) < 4.78 is 15.7. The fourth-order valence-corrected chi connectivity index (χ4v) is 0.930. The normalized spacial score (nSPS) is 17.5. The van der Waals surface area contributed by atoms with Crippen LogP contribution in [0.4, 0.5) is 0 Å². The van der Waals surface area contributed by atoms with Crippen molar-refractivity contribution in [3.05, 3.63) is 0 Å². The molecule has 1 N–H and O–H groups in total. The molecule has 0 spiro atoms. The predicted octanol–water partition coefficient (Wildman–Crippen LogP) is -0.0955. The van der Waals surface area contributed by atoms with E-state index in [1.54, 1.807) is 13.2 Å². The first-order valence-corrected chi connectivity index (χ1v) is 5.74. The molecule has 5 heteroatoms. The Kier molecular flexibility index (Phi) is 5.90. The van der Waals surface area contributed by atoms with Gasteiger partial charge in [0.25, 0.3) is 0 Å². The van der Waals surface area contributed by atoms with Crippen LogP contribution in [0.3, 0.4) is 0 Å². The van der Waals surface area contributed by atoms with Crippen LogP contribution in [0.1, 0.15) is 13.8 Å². The average Bonchev–Trinajstić information content (AvgIpc) is 2.11. The van der Waals surface area contributed by atoms with Gasteiger partial charge >= 0.3 is 0 Å². The Balaban J connectivity index is 3.76. The number of nitrogens with one attached hydrogen (secondary N) is 1. The van der Waals surface area contributed by atoms with E-state index < -0.39 is 16.9 Å². The van der Waals surface area contributed by atoms with Gasteiger partial charge < -0.3 is 10.1 Å². The van der Waals surface area contributed by atoms with Crippen LogP contribution >= 0.6 is 0 Å². The van der Waals surface area contributed by atoms with Crippen molar-refractivity contribution in [1.29, 1.82) is 0 Å². The van der Waals surface area contributed by atoms with Crippen LogP contribution in [-0.2, 0) is 20.3 Å². The molecule has 3 atom stereocenters. The molecule has 0 bridgehead atoms. The van der Waals surface area contributed by atoms with E-state index >= 15 is 0 Å². The maximum Gasteiger partial charge on any atom is 0.248 e. The number of carbonyl (C=O) groups excluding carboxylic acids is 1. The topological polar surface area (TPSA) is 55.4 Å². The molecule has 0 aromatic carbocycles. The Morgan fingerprint density at radius 1 is 1.54 bits per heavy atom. The third-order valence-electron chi connectivity index (χ3n) is 1.85. The van der Waals surface area contributed by atoms with Gasteiger partial charge in [0.15, 0.2) is 0 Å². The summed E-state index contributed by atoms with van der Waals surface area (Å²) in [6.07, 6.45) is 1.17. The summed E-state index contributed by atoms with van der Waals surface area (Å²) in [5.41, 5.74) is 0. The molecule has 0 aliphatic carbocycles. The van der Waals surface area contributed by atoms with Crippen molar-refractivity contribution in [2.24, 2.45) is 0 Å². The summed E-state index contributed by atoms with van der Waals surface area (Å²) in [7, 11) is 0.580. The molecule has 0 heterocycles. The molecular weight excluding hydrogens is 190 g/mol. The maximum atomic E-state index is 11.2. The zero-order valence-corrected chi connectivity index (χ0v) is 9.31. The minimum absolute atomic E-state index is 0.0204. The molecule has 0 radical (unpaired) electrons. The predicted molar refractivity (Wildman–Crippen MR) is 53.0 cm³/mol. The number of rotatable bonds is 5. The van der Waals surface area contributed by atoms with Gasteiger partial charge in [0.05, 0.1) is 0 Å². The SMILES string of the molecule is COC(C)C(=O)NCC(C)S(C)=O. The lowest BCUT2D eigenvalue weighted by Gasteiger charge is -2.12. The highest BCUT2D eigenvalue weighted by Crippen LogP contribution is 1.92. The van der Waals surface area contributed by atoms with Crippen LogP contribution in [0.5, 0.6) is 0 Å². The van der Waals surface area contributed by atoms with Gasteiger partial charge in [-0.3, -0.25) is 9.00 Å². The molecule has 1 amide bonds. The molecule has 78 valence electrons. The van der Waals surface area contributed by atoms with Crippen molar-refractivity contribution in [2.45, 2.75) is 25.2 Å². The summed E-state index contributed by atoms with van der Waals surface area (Å²) in [6, 6.07) is 0. The first kappa shape index (κ1) is 12.6. The third kappa shape index (κ3) is 5.00. The van der Waals surface area contributed by atoms with Crippen molar-refractivity contribution >= 4 is 16.7 Å². The molecule has 0 aromatic heterocycles. The number of amides is 1. The van der Waals surface area contributed by atoms with Gasteiger partial charge in [-0.25, -0.2) is 0 Å². The van der Waals surface area contributed by atoms with Crippen LogP contribution in [0.25, 0.3) is 0 Å². The van der Waals surface area contributed by atoms with E-state index in [1.165, 1.54) is 7.11 Å². The second-order valence-electron chi connectivity index (χ2n) is 2.93. The van der Waals surface area contributed by atoms with E-state index in [1.807, 2.05) is 6.92 Å². The van der Waals surface area contributed by atoms with E-state index in [2.05, 4.69) is 5.32 Å². The fraction of sp³-hybridized carbons (Fsp3) is 0.875. The van der Waals surface area contributed by atoms with Crippen LogP contribution in [0.2, 0.25) is 0 Å². The monoisotopic (exact) mass is 207 g/mol. The fourth-order valence-electron chi connectivity index (χ4n) is 0.612. The lowest BCUT2D eigenvalue weighted by atomic mass is 10.3. The molecule has 0 saturated carbocycles. The first-order chi connectivity index (χ1) is 5.99. The molecule has 0 aromatic rings. The van der Waals surface area contributed by atoms with E-state index in [4.69, 9.17) is 4.74 Å². The van der Waals surface area contributed by atoms with Crippen LogP contribution < -0.4 is 5.32 Å². The Morgan fingerprint density at radius 3 is 2.46 bits per heavy atom. The minimum Gasteiger partial charge on any atom is -0.372 e. The van der Waals surface area contributed by atoms with E-state index in [0.717, 1.165) is 0 Å². The maximum absolute atomic E-state index is 11.2. The highest BCUT2D eigenvalue weighted by Gasteiger charge is 2.13. The summed E-state index contributed by atoms with van der Waals surface area (Å²) in [6.45, 7) is 3.92. The zero-order chi connectivity index (χ0) is 10.4. The van der Waals surface area contributed by atoms with Gasteiger partial charge in [-0.05, 0) is 13.8 Å². The van der Waals surface area contributed by atoms with Crippen LogP contribution in [0.15, 0.2) is 0 Å². The van der Waals surface area contributed by atoms with E-state index in [0.29, 0.717) is 6.54 Å². The largest absolute Gasteiger partial charge is 0.372 e. The zero-order valence-electron chi connectivity index (χ0n) is 8.49. The smallest absolute Gasteiger partial charge is 0.248 e. The summed E-state index contributed by atoms with van der Waals surface area (Å²) in [5, 5.41) is 2.64. The summed E-state index contributed by atoms with van der Waals surface area (Å²) in [5.74, 6) is -0.167. The molecule has 0 fully saturated rings. The van der Waals surface area contributed by atoms with Crippen LogP contribution in [0, 0.1) is 0 Å². The Bertz CT molecular complexity index is 196. The summed E-state index contributed by atoms with van der Waals surface area (Å²) in [4.78, 5) is 11.2. The first-order valence-electron chi connectivity index (χ1n) is 4.11. The van der Waals surface area contributed by atoms with Gasteiger partial charge in [-0.1, -0.05) is 0 Å². The van der Waals surface area contributed by atoms with Crippen molar-refractivity contribution in [1.82, 2.24) is 5.32 Å². The Labute approximate surface area is 81.5 Å². The van der Waals surface area contributed by atoms with E-state index in [-0.39, 0.29) is 11.2 Å². The van der Waals surface area contributed by atoms with Crippen molar-refractivity contribution in [2.75, 3.05) is 19.9 Å². The molecular formula is C8H17NO3S. The van der Waals surface area contributed by atoms with Gasteiger partial charge in [0.2, 0.25) is 5.91 Å². The highest BCUT2D eigenvalue weighted by molar-refractivity contribution is 7.84. The average molecular weight is 207 g/mol. The number of hydrogen-bond donors (Lipinski definition) is 1. The molecule has 0 saturated heterocycles. The van der Waals surface area contributed by atoms with Gasteiger partial charge in [0, 0.05) is 36.0 Å². The van der Waals surface area contributed by atoms with Gasteiger partial charge in [0.1, 0.15) is 6.10 Å². The molecule has 4 nitrogen and oxygen atoms in total. The number of carbonyl (C=O) groups is 1. The molecule has 0 rings (SSSR count). The molecule has 3 unspecified atom stereocenters. The number of hydrogen-bond acceptors (Lipinski definition) is 3. The second kappa shape index (κ2) is 6.10. The lowest BCUT2D eigenvalue weighted by Crippen LogP contribution is -2.38. The quantitative estimate of drug-likeness (QED) is 0.685. The van der Waals surface area contributed by atoms with Crippen molar-refractivity contribution in [3.63, 3.8) is 0 Å². The van der Waals surface area contributed by atoms with Gasteiger partial charge in [-0.15, -0.1) is 0 Å². The standard InChI is InChI=1S/C8H17NO3S/c1-6(13(4)11)5-9-8(10)7(2)12-3/h6-7H,5H2,1-4H3,(H,9,10). The number of ether oxygens (including phenoxy) is 1. The molecule has 0 aliphatic heterocycles. The van der Waals surface area contributed by atoms with E-state index in [9.17, 15) is 9.00 Å². The van der Waals surface area contributed by atoms with Crippen LogP contribution in [-0.4, -0.2) is 41.4 Å². The van der Waals surface area contributed by atoms with Crippen molar-refractivity contribution in [3.8, 4) is 0 Å². The summed E-state index contributed by atoms with van der Waals surface area (Å²) >= 11 is 0. The minimum atomic E-state index is -0.897. The third-order valence-corrected chi connectivity index (χ3v) is 3.15. The molecule has 13 heavy (non-hydrogen) atoms.